The molecule has 0 aliphatic rings. The van der Waals surface area contributed by atoms with Crippen molar-refractivity contribution in [2.75, 3.05) is 7.11 Å². The lowest BCUT2D eigenvalue weighted by Crippen LogP contribution is -2.56. The van der Waals surface area contributed by atoms with Gasteiger partial charge in [-0.15, -0.1) is 0 Å². The van der Waals surface area contributed by atoms with Crippen LogP contribution in [-0.2, 0) is 30.0 Å². The smallest absolute Gasteiger partial charge is 0.407 e. The van der Waals surface area contributed by atoms with Crippen molar-refractivity contribution in [3.05, 3.63) is 35.9 Å². The largest absolute Gasteiger partial charge is 0.469 e. The SMILES string of the molecule is CCCCCCCC(C(=O)OC)C(C)(O[PH2]=O)C(C)NC(=O)OCc1ccccc1. The van der Waals surface area contributed by atoms with E-state index in [1.807, 2.05) is 30.3 Å². The van der Waals surface area contributed by atoms with Crippen molar-refractivity contribution in [2.45, 2.75) is 77.5 Å². The number of unbranched alkanes of at least 4 members (excludes halogenated alkanes) is 4. The highest BCUT2D eigenvalue weighted by atomic mass is 31.1. The molecule has 0 radical (unpaired) electrons. The Hall–Kier alpha value is -1.85. The molecule has 0 heterocycles. The minimum absolute atomic E-state index is 0.127. The second-order valence-corrected chi connectivity index (χ2v) is 8.03. The summed E-state index contributed by atoms with van der Waals surface area (Å²) in [4.78, 5) is 24.8. The summed E-state index contributed by atoms with van der Waals surface area (Å²) in [6.07, 6.45) is 5.07. The molecule has 0 saturated carbocycles. The Kier molecular flexibility index (Phi) is 12.4. The predicted molar refractivity (Wildman–Crippen MR) is 118 cm³/mol. The van der Waals surface area contributed by atoms with Crippen molar-refractivity contribution in [2.24, 2.45) is 5.92 Å². The van der Waals surface area contributed by atoms with E-state index in [9.17, 15) is 14.2 Å². The molecule has 0 aromatic heterocycles. The number of carbonyl (C=O) groups excluding carboxylic acids is 2. The van der Waals surface area contributed by atoms with E-state index in [2.05, 4.69) is 12.2 Å². The van der Waals surface area contributed by atoms with E-state index in [-0.39, 0.29) is 6.61 Å². The summed E-state index contributed by atoms with van der Waals surface area (Å²) in [6.45, 7) is 5.67. The number of rotatable bonds is 14. The molecule has 170 valence electrons. The first kappa shape index (κ1) is 26.2. The molecule has 0 aliphatic heterocycles. The first-order valence-electron chi connectivity index (χ1n) is 10.6. The topological polar surface area (TPSA) is 90.9 Å². The maximum atomic E-state index is 12.5. The number of amides is 1. The van der Waals surface area contributed by atoms with Crippen LogP contribution in [0.25, 0.3) is 0 Å². The molecule has 0 aliphatic carbocycles. The average Bonchev–Trinajstić information content (AvgIpc) is 2.75. The molecule has 0 fully saturated rings. The molecule has 1 N–H and O–H groups in total. The molecule has 0 spiro atoms. The van der Waals surface area contributed by atoms with Crippen LogP contribution in [0.15, 0.2) is 30.3 Å². The van der Waals surface area contributed by atoms with Crippen LogP contribution in [-0.4, -0.2) is 30.8 Å². The molecular formula is C22H36NO6P. The van der Waals surface area contributed by atoms with Gasteiger partial charge in [-0.3, -0.25) is 9.36 Å². The summed E-state index contributed by atoms with van der Waals surface area (Å²) in [7, 11) is -0.262. The third-order valence-electron chi connectivity index (χ3n) is 5.48. The maximum absolute atomic E-state index is 12.5. The third kappa shape index (κ3) is 8.49. The van der Waals surface area contributed by atoms with Crippen molar-refractivity contribution in [1.29, 1.82) is 0 Å². The van der Waals surface area contributed by atoms with Crippen molar-refractivity contribution >= 4 is 20.7 Å². The molecule has 7 nitrogen and oxygen atoms in total. The van der Waals surface area contributed by atoms with Crippen LogP contribution in [0.2, 0.25) is 0 Å². The van der Waals surface area contributed by atoms with Gasteiger partial charge in [0.25, 0.3) is 0 Å². The van der Waals surface area contributed by atoms with Crippen molar-refractivity contribution in [3.8, 4) is 0 Å². The number of alkyl carbamates (subject to hydrolysis) is 1. The molecule has 1 amide bonds. The number of esters is 1. The number of carbonyl (C=O) groups is 2. The van der Waals surface area contributed by atoms with Gasteiger partial charge in [0.1, 0.15) is 12.2 Å². The number of benzene rings is 1. The van der Waals surface area contributed by atoms with Gasteiger partial charge >= 0.3 is 12.1 Å². The van der Waals surface area contributed by atoms with Crippen LogP contribution in [0.5, 0.6) is 0 Å². The number of hydrogen-bond acceptors (Lipinski definition) is 6. The van der Waals surface area contributed by atoms with E-state index >= 15 is 0 Å². The van der Waals surface area contributed by atoms with E-state index in [1.165, 1.54) is 7.11 Å². The van der Waals surface area contributed by atoms with Crippen LogP contribution in [0.4, 0.5) is 4.79 Å². The van der Waals surface area contributed by atoms with Crippen LogP contribution in [0, 0.1) is 5.92 Å². The normalized spacial score (nSPS) is 15.3. The Balaban J connectivity index is 2.80. The molecule has 4 atom stereocenters. The zero-order valence-corrected chi connectivity index (χ0v) is 19.7. The Bertz CT molecular complexity index is 656. The minimum Gasteiger partial charge on any atom is -0.469 e. The summed E-state index contributed by atoms with van der Waals surface area (Å²) >= 11 is 0. The second-order valence-electron chi connectivity index (χ2n) is 7.60. The number of ether oxygens (including phenoxy) is 2. The Labute approximate surface area is 181 Å². The standard InChI is InChI=1S/C22H36NO6P/c1-5-6-7-8-12-15-19(20(24)27-4)22(3,29-30-26)17(2)23-21(25)28-16-18-13-10-9-11-14-18/h9-11,13-14,17,19H,5-8,12,15-16,30H2,1-4H3,(H,23,25). The van der Waals surface area contributed by atoms with Crippen LogP contribution < -0.4 is 5.32 Å². The van der Waals surface area contributed by atoms with E-state index < -0.39 is 38.3 Å². The highest BCUT2D eigenvalue weighted by Crippen LogP contribution is 2.34. The third-order valence-corrected chi connectivity index (χ3v) is 6.09. The molecule has 1 rings (SSSR count). The Morgan fingerprint density at radius 1 is 1.13 bits per heavy atom. The van der Waals surface area contributed by atoms with Gasteiger partial charge < -0.3 is 19.3 Å². The van der Waals surface area contributed by atoms with Gasteiger partial charge in [-0.1, -0.05) is 69.4 Å². The second kappa shape index (κ2) is 14.2. The first-order chi connectivity index (χ1) is 14.4. The summed E-state index contributed by atoms with van der Waals surface area (Å²) in [5.41, 5.74) is -0.316. The van der Waals surface area contributed by atoms with Gasteiger partial charge in [-0.2, -0.15) is 0 Å². The van der Waals surface area contributed by atoms with Gasteiger partial charge in [0, 0.05) is 0 Å². The van der Waals surface area contributed by atoms with E-state index in [0.29, 0.717) is 6.42 Å². The maximum Gasteiger partial charge on any atom is 0.407 e. The lowest BCUT2D eigenvalue weighted by atomic mass is 9.80. The van der Waals surface area contributed by atoms with E-state index in [1.54, 1.807) is 13.8 Å². The molecule has 1 aromatic rings. The fourth-order valence-electron chi connectivity index (χ4n) is 3.41. The number of nitrogens with one attached hydrogen (secondary N) is 1. The molecule has 1 aromatic carbocycles. The highest BCUT2D eigenvalue weighted by molar-refractivity contribution is 7.17. The first-order valence-corrected chi connectivity index (χ1v) is 11.5. The van der Waals surface area contributed by atoms with Crippen LogP contribution in [0.1, 0.15) is 64.9 Å². The minimum atomic E-state index is -1.58. The van der Waals surface area contributed by atoms with E-state index in [4.69, 9.17) is 14.0 Å². The monoisotopic (exact) mass is 441 g/mol. The lowest BCUT2D eigenvalue weighted by Gasteiger charge is -2.39. The van der Waals surface area contributed by atoms with Crippen molar-refractivity contribution in [1.82, 2.24) is 5.32 Å². The van der Waals surface area contributed by atoms with E-state index in [0.717, 1.165) is 37.7 Å². The predicted octanol–water partition coefficient (Wildman–Crippen LogP) is 4.90. The van der Waals surface area contributed by atoms with Crippen molar-refractivity contribution in [3.63, 3.8) is 0 Å². The van der Waals surface area contributed by atoms with Gasteiger partial charge in [0.05, 0.1) is 19.1 Å². The van der Waals surface area contributed by atoms with Crippen molar-refractivity contribution < 1.29 is 28.2 Å². The summed E-state index contributed by atoms with van der Waals surface area (Å²) in [5, 5.41) is 2.73. The highest BCUT2D eigenvalue weighted by Gasteiger charge is 2.45. The fourth-order valence-corrected chi connectivity index (χ4v) is 3.98. The molecule has 0 saturated heterocycles. The Morgan fingerprint density at radius 3 is 2.40 bits per heavy atom. The fraction of sp³-hybridized carbons (Fsp3) is 0.636. The quantitative estimate of drug-likeness (QED) is 0.251. The van der Waals surface area contributed by atoms with Gasteiger partial charge in [-0.05, 0) is 25.8 Å². The average molecular weight is 442 g/mol. The summed E-state index contributed by atoms with van der Waals surface area (Å²) in [6, 6.07) is 8.70. The summed E-state index contributed by atoms with van der Waals surface area (Å²) in [5.74, 6) is -1.10. The molecule has 30 heavy (non-hydrogen) atoms. The molecule has 4 unspecified atom stereocenters. The zero-order valence-electron chi connectivity index (χ0n) is 18.5. The number of hydrogen-bond donors (Lipinski definition) is 1. The van der Waals surface area contributed by atoms with Crippen LogP contribution >= 0.6 is 8.69 Å². The zero-order chi connectivity index (χ0) is 22.4. The lowest BCUT2D eigenvalue weighted by molar-refractivity contribution is -0.154. The number of methoxy groups -OCH3 is 1. The summed E-state index contributed by atoms with van der Waals surface area (Å²) < 4.78 is 27.3. The van der Waals surface area contributed by atoms with Gasteiger partial charge in [0.15, 0.2) is 8.69 Å². The Morgan fingerprint density at radius 2 is 1.80 bits per heavy atom. The van der Waals surface area contributed by atoms with Gasteiger partial charge in [-0.25, -0.2) is 4.79 Å². The molecular weight excluding hydrogens is 405 g/mol. The van der Waals surface area contributed by atoms with Gasteiger partial charge in [0.2, 0.25) is 0 Å². The molecule has 0 bridgehead atoms. The molecule has 8 heteroatoms. The van der Waals surface area contributed by atoms with Crippen LogP contribution in [0.3, 0.4) is 0 Å².